The van der Waals surface area contributed by atoms with Crippen LogP contribution in [-0.4, -0.2) is 17.7 Å². The molecule has 4 heteroatoms. The van der Waals surface area contributed by atoms with Gasteiger partial charge in [-0.05, 0) is 43.5 Å². The first-order valence-corrected chi connectivity index (χ1v) is 11.7. The third-order valence-corrected chi connectivity index (χ3v) is 8.47. The monoisotopic (exact) mass is 402 g/mol. The van der Waals surface area contributed by atoms with Gasteiger partial charge in [-0.25, -0.2) is 4.79 Å². The van der Waals surface area contributed by atoms with Gasteiger partial charge in [0.25, 0.3) is 0 Å². The van der Waals surface area contributed by atoms with Crippen molar-refractivity contribution in [3.63, 3.8) is 0 Å². The molecular formula is C25H27N2OP. The fourth-order valence-electron chi connectivity index (χ4n) is 4.15. The van der Waals surface area contributed by atoms with Crippen LogP contribution in [0.4, 0.5) is 10.5 Å². The molecule has 0 radical (unpaired) electrons. The summed E-state index contributed by atoms with van der Waals surface area (Å²) in [6.45, 7) is 0. The highest BCUT2D eigenvalue weighted by atomic mass is 31.1. The minimum absolute atomic E-state index is 0.107. The van der Waals surface area contributed by atoms with Gasteiger partial charge in [0.05, 0.1) is 0 Å². The van der Waals surface area contributed by atoms with E-state index in [1.54, 1.807) is 0 Å². The zero-order valence-electron chi connectivity index (χ0n) is 16.5. The lowest BCUT2D eigenvalue weighted by Crippen LogP contribution is -2.47. The van der Waals surface area contributed by atoms with E-state index in [0.717, 1.165) is 18.5 Å². The van der Waals surface area contributed by atoms with Crippen LogP contribution in [-0.2, 0) is 0 Å². The van der Waals surface area contributed by atoms with Crippen LogP contribution in [0.2, 0.25) is 0 Å². The van der Waals surface area contributed by atoms with E-state index < -0.39 is 7.92 Å². The number of carbonyl (C=O) groups is 1. The van der Waals surface area contributed by atoms with Crippen LogP contribution in [0.15, 0.2) is 91.0 Å². The number of hydrogen-bond acceptors (Lipinski definition) is 1. The molecule has 0 bridgehead atoms. The first-order chi connectivity index (χ1) is 14.3. The fourth-order valence-corrected chi connectivity index (χ4v) is 7.23. The van der Waals surface area contributed by atoms with Gasteiger partial charge in [-0.2, -0.15) is 0 Å². The molecule has 0 aliphatic heterocycles. The van der Waals surface area contributed by atoms with E-state index in [1.807, 2.05) is 30.3 Å². The minimum atomic E-state index is -0.541. The number of urea groups is 1. The summed E-state index contributed by atoms with van der Waals surface area (Å²) in [7, 11) is -0.541. The molecule has 1 aliphatic rings. The molecule has 148 valence electrons. The zero-order valence-corrected chi connectivity index (χ0v) is 17.4. The third-order valence-electron chi connectivity index (χ3n) is 5.48. The van der Waals surface area contributed by atoms with Gasteiger partial charge in [-0.15, -0.1) is 0 Å². The second-order valence-corrected chi connectivity index (χ2v) is 9.90. The van der Waals surface area contributed by atoms with Crippen LogP contribution >= 0.6 is 7.92 Å². The average molecular weight is 402 g/mol. The maximum Gasteiger partial charge on any atom is 0.319 e. The van der Waals surface area contributed by atoms with E-state index in [9.17, 15) is 4.79 Å². The van der Waals surface area contributed by atoms with Gasteiger partial charge >= 0.3 is 6.03 Å². The third kappa shape index (κ3) is 5.05. The molecular weight excluding hydrogens is 375 g/mol. The standard InChI is InChI=1S/C25H27N2OP/c28-25(26-20-12-4-1-5-13-20)27-23-18-10-11-19-24(23)29(21-14-6-2-7-15-21)22-16-8-3-9-17-22/h1-9,12-17,23-24H,10-11,18-19H2,(H2,26,27,28)/t23-,24-/m1/s1. The first-order valence-electron chi connectivity index (χ1n) is 10.3. The zero-order chi connectivity index (χ0) is 19.9. The van der Waals surface area contributed by atoms with Crippen molar-refractivity contribution in [3.8, 4) is 0 Å². The Balaban J connectivity index is 1.57. The van der Waals surface area contributed by atoms with Gasteiger partial charge in [0.15, 0.2) is 0 Å². The topological polar surface area (TPSA) is 41.1 Å². The highest BCUT2D eigenvalue weighted by Gasteiger charge is 2.34. The van der Waals surface area contributed by atoms with Crippen molar-refractivity contribution in [2.24, 2.45) is 0 Å². The van der Waals surface area contributed by atoms with E-state index >= 15 is 0 Å². The molecule has 1 aliphatic carbocycles. The second-order valence-electron chi connectivity index (χ2n) is 7.46. The highest BCUT2D eigenvalue weighted by molar-refractivity contribution is 7.73. The predicted molar refractivity (Wildman–Crippen MR) is 124 cm³/mol. The Bertz CT molecular complexity index is 862. The summed E-state index contributed by atoms with van der Waals surface area (Å²) in [5, 5.41) is 9.06. The summed E-state index contributed by atoms with van der Waals surface area (Å²) in [6, 6.07) is 31.4. The van der Waals surface area contributed by atoms with Crippen molar-refractivity contribution in [1.82, 2.24) is 5.32 Å². The lowest BCUT2D eigenvalue weighted by atomic mass is 9.95. The molecule has 0 saturated heterocycles. The Morgan fingerprint density at radius 2 is 1.24 bits per heavy atom. The van der Waals surface area contributed by atoms with Gasteiger partial charge in [-0.1, -0.05) is 91.7 Å². The fraction of sp³-hybridized carbons (Fsp3) is 0.240. The van der Waals surface area contributed by atoms with Gasteiger partial charge in [-0.3, -0.25) is 0 Å². The Kier molecular flexibility index (Phi) is 6.59. The van der Waals surface area contributed by atoms with Crippen LogP contribution in [0.3, 0.4) is 0 Å². The average Bonchev–Trinajstić information content (AvgIpc) is 2.77. The van der Waals surface area contributed by atoms with Crippen molar-refractivity contribution in [2.45, 2.75) is 37.4 Å². The summed E-state index contributed by atoms with van der Waals surface area (Å²) >= 11 is 0. The number of carbonyl (C=O) groups excluding carboxylic acids is 1. The number of benzene rings is 3. The van der Waals surface area contributed by atoms with Crippen LogP contribution in [0, 0.1) is 0 Å². The largest absolute Gasteiger partial charge is 0.334 e. The molecule has 4 rings (SSSR count). The molecule has 3 aromatic rings. The van der Waals surface area contributed by atoms with Crippen molar-refractivity contribution in [3.05, 3.63) is 91.0 Å². The molecule has 1 saturated carbocycles. The Morgan fingerprint density at radius 1 is 0.724 bits per heavy atom. The molecule has 2 amide bonds. The molecule has 0 spiro atoms. The van der Waals surface area contributed by atoms with Gasteiger partial charge in [0.2, 0.25) is 0 Å². The minimum Gasteiger partial charge on any atom is -0.334 e. The number of anilines is 1. The smallest absolute Gasteiger partial charge is 0.319 e. The van der Waals surface area contributed by atoms with E-state index in [2.05, 4.69) is 71.3 Å². The number of nitrogens with one attached hydrogen (secondary N) is 2. The molecule has 3 nitrogen and oxygen atoms in total. The maximum absolute atomic E-state index is 12.7. The van der Waals surface area contributed by atoms with E-state index in [-0.39, 0.29) is 12.1 Å². The Labute approximate surface area is 174 Å². The van der Waals surface area contributed by atoms with Crippen LogP contribution in [0.1, 0.15) is 25.7 Å². The first kappa shape index (κ1) is 19.7. The molecule has 3 aromatic carbocycles. The van der Waals surface area contributed by atoms with Gasteiger partial charge in [0.1, 0.15) is 0 Å². The second kappa shape index (κ2) is 9.71. The lowest BCUT2D eigenvalue weighted by molar-refractivity contribution is 0.244. The van der Waals surface area contributed by atoms with Crippen LogP contribution in [0.5, 0.6) is 0 Å². The SMILES string of the molecule is O=C(Nc1ccccc1)N[C@@H]1CCCC[C@H]1P(c1ccccc1)c1ccccc1. The van der Waals surface area contributed by atoms with E-state index in [0.29, 0.717) is 5.66 Å². The van der Waals surface area contributed by atoms with Gasteiger partial charge < -0.3 is 10.6 Å². The summed E-state index contributed by atoms with van der Waals surface area (Å²) in [5.41, 5.74) is 1.26. The molecule has 29 heavy (non-hydrogen) atoms. The summed E-state index contributed by atoms with van der Waals surface area (Å²) < 4.78 is 0. The number of amides is 2. The Morgan fingerprint density at radius 3 is 1.83 bits per heavy atom. The maximum atomic E-state index is 12.7. The van der Waals surface area contributed by atoms with E-state index in [4.69, 9.17) is 0 Å². The van der Waals surface area contributed by atoms with E-state index in [1.165, 1.54) is 23.5 Å². The summed E-state index contributed by atoms with van der Waals surface area (Å²) in [4.78, 5) is 12.7. The molecule has 0 heterocycles. The van der Waals surface area contributed by atoms with Crippen molar-refractivity contribution in [1.29, 1.82) is 0 Å². The molecule has 0 unspecified atom stereocenters. The number of rotatable bonds is 5. The van der Waals surface area contributed by atoms with Crippen molar-refractivity contribution < 1.29 is 4.79 Å². The summed E-state index contributed by atoms with van der Waals surface area (Å²) in [5.74, 6) is 0. The Hall–Kier alpha value is -2.64. The normalized spacial score (nSPS) is 18.9. The quantitative estimate of drug-likeness (QED) is 0.562. The summed E-state index contributed by atoms with van der Waals surface area (Å²) in [6.07, 6.45) is 4.57. The van der Waals surface area contributed by atoms with Crippen LogP contribution in [0.25, 0.3) is 0 Å². The predicted octanol–water partition coefficient (Wildman–Crippen LogP) is 5.25. The van der Waals surface area contributed by atoms with Crippen molar-refractivity contribution >= 4 is 30.2 Å². The lowest BCUT2D eigenvalue weighted by Gasteiger charge is -2.38. The highest BCUT2D eigenvalue weighted by Crippen LogP contribution is 2.46. The molecule has 0 aromatic heterocycles. The van der Waals surface area contributed by atoms with Crippen molar-refractivity contribution in [2.75, 3.05) is 5.32 Å². The number of hydrogen-bond donors (Lipinski definition) is 2. The molecule has 2 atom stereocenters. The molecule has 2 N–H and O–H groups in total. The van der Waals surface area contributed by atoms with Gasteiger partial charge in [0, 0.05) is 17.4 Å². The molecule has 1 fully saturated rings. The number of para-hydroxylation sites is 1. The van der Waals surface area contributed by atoms with Crippen LogP contribution < -0.4 is 21.2 Å².